The first-order valence-corrected chi connectivity index (χ1v) is 13.0. The van der Waals surface area contributed by atoms with Gasteiger partial charge in [-0.15, -0.1) is 0 Å². The molecule has 0 saturated heterocycles. The van der Waals surface area contributed by atoms with Crippen molar-refractivity contribution in [2.24, 2.45) is 0 Å². The van der Waals surface area contributed by atoms with Crippen LogP contribution >= 0.6 is 11.8 Å². The molecular weight excluding hydrogens is 478 g/mol. The van der Waals surface area contributed by atoms with Crippen molar-refractivity contribution in [3.63, 3.8) is 0 Å². The van der Waals surface area contributed by atoms with Crippen LogP contribution in [-0.2, 0) is 20.0 Å². The zero-order chi connectivity index (χ0) is 23.2. The van der Waals surface area contributed by atoms with Crippen molar-refractivity contribution in [1.82, 2.24) is 0 Å². The molecule has 0 aliphatic rings. The zero-order valence-corrected chi connectivity index (χ0v) is 18.8. The van der Waals surface area contributed by atoms with E-state index in [0.29, 0.717) is 22.2 Å². The standard InChI is InChI=1S/C21H18F2N2O4S3/c22-21(23)30-19-11-9-17(10-12-19)25-32(28,29)20-8-4-7-18(15-20)24-31(26,27)14-13-16-5-2-1-3-6-16/h1-15,21,24-25H/b14-13+. The summed E-state index contributed by atoms with van der Waals surface area (Å²) >= 11 is 0.350. The van der Waals surface area contributed by atoms with Gasteiger partial charge in [0.15, 0.2) is 0 Å². The van der Waals surface area contributed by atoms with Gasteiger partial charge in [0.25, 0.3) is 25.8 Å². The Kier molecular flexibility index (Phi) is 7.54. The molecule has 0 saturated carbocycles. The monoisotopic (exact) mass is 496 g/mol. The van der Waals surface area contributed by atoms with E-state index in [2.05, 4.69) is 9.44 Å². The minimum atomic E-state index is -4.04. The zero-order valence-electron chi connectivity index (χ0n) is 16.4. The number of rotatable bonds is 9. The molecule has 3 aromatic rings. The van der Waals surface area contributed by atoms with Crippen molar-refractivity contribution in [3.8, 4) is 0 Å². The summed E-state index contributed by atoms with van der Waals surface area (Å²) in [6, 6.07) is 19.6. The highest BCUT2D eigenvalue weighted by Crippen LogP contribution is 2.27. The first kappa shape index (κ1) is 23.8. The quantitative estimate of drug-likeness (QED) is 0.397. The maximum absolute atomic E-state index is 12.7. The van der Waals surface area contributed by atoms with Gasteiger partial charge in [0.1, 0.15) is 0 Å². The summed E-state index contributed by atoms with van der Waals surface area (Å²) in [7, 11) is -7.92. The summed E-state index contributed by atoms with van der Waals surface area (Å²) in [6.45, 7) is 0. The van der Waals surface area contributed by atoms with Gasteiger partial charge in [-0.1, -0.05) is 48.2 Å². The second-order valence-corrected chi connectivity index (χ2v) is 10.7. The van der Waals surface area contributed by atoms with Crippen LogP contribution in [0.4, 0.5) is 20.2 Å². The molecule has 168 valence electrons. The van der Waals surface area contributed by atoms with Gasteiger partial charge in [-0.25, -0.2) is 16.8 Å². The molecule has 0 amide bonds. The molecular formula is C21H18F2N2O4S3. The van der Waals surface area contributed by atoms with Crippen LogP contribution in [0.5, 0.6) is 0 Å². The Morgan fingerprint density at radius 3 is 2.12 bits per heavy atom. The predicted molar refractivity (Wildman–Crippen MR) is 124 cm³/mol. The number of sulfonamides is 2. The molecule has 32 heavy (non-hydrogen) atoms. The second-order valence-electron chi connectivity index (χ2n) is 6.40. The maximum atomic E-state index is 12.7. The lowest BCUT2D eigenvalue weighted by molar-refractivity contribution is 0.252. The first-order valence-electron chi connectivity index (χ1n) is 9.07. The van der Waals surface area contributed by atoms with Gasteiger partial charge in [-0.2, -0.15) is 8.78 Å². The Morgan fingerprint density at radius 2 is 1.47 bits per heavy atom. The predicted octanol–water partition coefficient (Wildman–Crippen LogP) is 5.21. The summed E-state index contributed by atoms with van der Waals surface area (Å²) in [5.74, 6) is -2.58. The molecule has 0 radical (unpaired) electrons. The molecule has 0 aromatic heterocycles. The molecule has 0 unspecified atom stereocenters. The molecule has 3 aromatic carbocycles. The summed E-state index contributed by atoms with van der Waals surface area (Å²) in [5.41, 5.74) is 0.936. The summed E-state index contributed by atoms with van der Waals surface area (Å²) in [4.78, 5) is 0.124. The average Bonchev–Trinajstić information content (AvgIpc) is 2.74. The number of anilines is 2. The molecule has 6 nitrogen and oxygen atoms in total. The number of nitrogens with one attached hydrogen (secondary N) is 2. The lowest BCUT2D eigenvalue weighted by Gasteiger charge is -2.11. The van der Waals surface area contributed by atoms with E-state index in [9.17, 15) is 25.6 Å². The van der Waals surface area contributed by atoms with Gasteiger partial charge in [-0.05, 0) is 54.1 Å². The highest BCUT2D eigenvalue weighted by molar-refractivity contribution is 7.99. The largest absolute Gasteiger partial charge is 0.288 e. The molecule has 0 heterocycles. The molecule has 2 N–H and O–H groups in total. The summed E-state index contributed by atoms with van der Waals surface area (Å²) < 4.78 is 79.4. The van der Waals surface area contributed by atoms with Gasteiger partial charge in [-0.3, -0.25) is 9.44 Å². The average molecular weight is 497 g/mol. The Hall–Kier alpha value is -2.89. The van der Waals surface area contributed by atoms with Gasteiger partial charge >= 0.3 is 0 Å². The van der Waals surface area contributed by atoms with E-state index in [1.807, 2.05) is 0 Å². The van der Waals surface area contributed by atoms with Crippen LogP contribution in [-0.4, -0.2) is 22.6 Å². The highest BCUT2D eigenvalue weighted by Gasteiger charge is 2.16. The number of benzene rings is 3. The fourth-order valence-corrected chi connectivity index (χ4v) is 5.04. The fourth-order valence-electron chi connectivity index (χ4n) is 2.58. The number of hydrogen-bond donors (Lipinski definition) is 2. The molecule has 11 heteroatoms. The molecule has 0 fully saturated rings. The Balaban J connectivity index is 1.73. The summed E-state index contributed by atoms with van der Waals surface area (Å²) in [5, 5.41) is 0.987. The van der Waals surface area contributed by atoms with Gasteiger partial charge in [0, 0.05) is 10.6 Å². The SMILES string of the molecule is O=S(=O)(/C=C/c1ccccc1)Nc1cccc(S(=O)(=O)Nc2ccc(SC(F)F)cc2)c1. The van der Waals surface area contributed by atoms with E-state index in [1.54, 1.807) is 30.3 Å². The van der Waals surface area contributed by atoms with E-state index in [-0.39, 0.29) is 16.3 Å². The summed E-state index contributed by atoms with van der Waals surface area (Å²) in [6.07, 6.45) is 1.42. The Labute approximate surface area is 189 Å². The Morgan fingerprint density at radius 1 is 0.781 bits per heavy atom. The van der Waals surface area contributed by atoms with Crippen molar-refractivity contribution in [2.75, 3.05) is 9.44 Å². The van der Waals surface area contributed by atoms with Crippen LogP contribution in [0, 0.1) is 0 Å². The minimum absolute atomic E-state index is 0.0641. The number of thioether (sulfide) groups is 1. The molecule has 0 bridgehead atoms. The van der Waals surface area contributed by atoms with Crippen molar-refractivity contribution in [2.45, 2.75) is 15.5 Å². The fraction of sp³-hybridized carbons (Fsp3) is 0.0476. The molecule has 0 spiro atoms. The van der Waals surface area contributed by atoms with E-state index < -0.39 is 25.8 Å². The van der Waals surface area contributed by atoms with E-state index in [1.165, 1.54) is 54.6 Å². The maximum Gasteiger partial charge on any atom is 0.288 e. The first-order chi connectivity index (χ1) is 15.1. The Bertz CT molecular complexity index is 1300. The highest BCUT2D eigenvalue weighted by atomic mass is 32.2. The number of hydrogen-bond acceptors (Lipinski definition) is 5. The van der Waals surface area contributed by atoms with Crippen LogP contribution in [0.15, 0.2) is 94.1 Å². The van der Waals surface area contributed by atoms with Crippen LogP contribution in [0.1, 0.15) is 5.56 Å². The third-order valence-corrected chi connectivity index (χ3v) is 7.09. The second kappa shape index (κ2) is 10.2. The number of halogens is 2. The molecule has 0 aliphatic carbocycles. The topological polar surface area (TPSA) is 92.3 Å². The van der Waals surface area contributed by atoms with E-state index in [4.69, 9.17) is 0 Å². The van der Waals surface area contributed by atoms with Crippen LogP contribution in [0.25, 0.3) is 6.08 Å². The normalized spacial score (nSPS) is 12.2. The van der Waals surface area contributed by atoms with Crippen LogP contribution in [0.2, 0.25) is 0 Å². The van der Waals surface area contributed by atoms with Crippen LogP contribution in [0.3, 0.4) is 0 Å². The number of alkyl halides is 2. The van der Waals surface area contributed by atoms with E-state index >= 15 is 0 Å². The third kappa shape index (κ3) is 7.08. The van der Waals surface area contributed by atoms with Crippen molar-refractivity contribution >= 4 is 49.3 Å². The van der Waals surface area contributed by atoms with Crippen molar-refractivity contribution < 1.29 is 25.6 Å². The third-order valence-electron chi connectivity index (χ3n) is 3.98. The lowest BCUT2D eigenvalue weighted by atomic mass is 10.2. The minimum Gasteiger partial charge on any atom is -0.280 e. The van der Waals surface area contributed by atoms with Crippen LogP contribution < -0.4 is 9.44 Å². The van der Waals surface area contributed by atoms with Crippen molar-refractivity contribution in [1.29, 1.82) is 0 Å². The molecule has 0 aliphatic heterocycles. The van der Waals surface area contributed by atoms with Gasteiger partial charge < -0.3 is 0 Å². The van der Waals surface area contributed by atoms with Gasteiger partial charge in [0.2, 0.25) is 0 Å². The lowest BCUT2D eigenvalue weighted by Crippen LogP contribution is -2.14. The molecule has 0 atom stereocenters. The molecule has 3 rings (SSSR count). The van der Waals surface area contributed by atoms with Gasteiger partial charge in [0.05, 0.1) is 16.0 Å². The smallest absolute Gasteiger partial charge is 0.280 e. The van der Waals surface area contributed by atoms with Crippen molar-refractivity contribution in [3.05, 3.63) is 89.8 Å². The van der Waals surface area contributed by atoms with E-state index in [0.717, 1.165) is 5.41 Å².